The Morgan fingerprint density at radius 3 is 2.50 bits per heavy atom. The van der Waals surface area contributed by atoms with E-state index in [9.17, 15) is 13.2 Å². The molecule has 0 amide bonds. The van der Waals surface area contributed by atoms with Crippen LogP contribution in [0.4, 0.5) is 18.9 Å². The second-order valence-electron chi connectivity index (χ2n) is 6.75. The fourth-order valence-electron chi connectivity index (χ4n) is 3.68. The number of hydrogen-bond donors (Lipinski definition) is 1. The Morgan fingerprint density at radius 1 is 1.04 bits per heavy atom. The van der Waals surface area contributed by atoms with Crippen LogP contribution in [0.3, 0.4) is 0 Å². The van der Waals surface area contributed by atoms with E-state index in [-0.39, 0.29) is 5.56 Å². The highest BCUT2D eigenvalue weighted by molar-refractivity contribution is 5.82. The lowest BCUT2D eigenvalue weighted by atomic mass is 9.96. The number of alkyl halides is 3. The summed E-state index contributed by atoms with van der Waals surface area (Å²) in [5.41, 5.74) is 5.02. The van der Waals surface area contributed by atoms with Crippen LogP contribution in [-0.4, -0.2) is 9.78 Å². The zero-order valence-corrected chi connectivity index (χ0v) is 14.6. The third kappa shape index (κ3) is 2.57. The van der Waals surface area contributed by atoms with Gasteiger partial charge >= 0.3 is 6.18 Å². The third-order valence-corrected chi connectivity index (χ3v) is 4.70. The molecule has 2 aromatic carbocycles. The van der Waals surface area contributed by atoms with Crippen molar-refractivity contribution >= 4 is 5.69 Å². The average Bonchev–Trinajstić information content (AvgIpc) is 2.95. The first-order chi connectivity index (χ1) is 12.3. The van der Waals surface area contributed by atoms with Crippen molar-refractivity contribution in [2.75, 3.05) is 5.32 Å². The lowest BCUT2D eigenvalue weighted by molar-refractivity contribution is -0.138. The van der Waals surface area contributed by atoms with Crippen molar-refractivity contribution in [1.29, 1.82) is 0 Å². The van der Waals surface area contributed by atoms with E-state index in [2.05, 4.69) is 10.4 Å². The van der Waals surface area contributed by atoms with E-state index in [1.54, 1.807) is 10.7 Å². The van der Waals surface area contributed by atoms with Gasteiger partial charge in [-0.15, -0.1) is 0 Å². The van der Waals surface area contributed by atoms with Crippen LogP contribution in [0.25, 0.3) is 11.3 Å². The highest BCUT2D eigenvalue weighted by Crippen LogP contribution is 2.43. The monoisotopic (exact) mass is 357 g/mol. The Kier molecular flexibility index (Phi) is 3.61. The van der Waals surface area contributed by atoms with Crippen LogP contribution < -0.4 is 5.32 Å². The van der Waals surface area contributed by atoms with Crippen molar-refractivity contribution < 1.29 is 13.2 Å². The van der Waals surface area contributed by atoms with E-state index in [1.165, 1.54) is 12.1 Å². The van der Waals surface area contributed by atoms with Crippen molar-refractivity contribution in [1.82, 2.24) is 9.78 Å². The molecule has 1 aromatic heterocycles. The molecule has 0 bridgehead atoms. The summed E-state index contributed by atoms with van der Waals surface area (Å²) in [6.07, 6.45) is -5.14. The first-order valence-corrected chi connectivity index (χ1v) is 8.36. The SMILES string of the molecule is Cc1cc(C)c2c(c1)-c1cc(C)nn1C(c1ccccc1C(F)(F)F)N2. The Labute approximate surface area is 149 Å². The number of fused-ring (bicyclic) bond motifs is 3. The van der Waals surface area contributed by atoms with Gasteiger partial charge in [-0.25, -0.2) is 4.68 Å². The van der Waals surface area contributed by atoms with Gasteiger partial charge in [-0.3, -0.25) is 0 Å². The molecule has 26 heavy (non-hydrogen) atoms. The van der Waals surface area contributed by atoms with Crippen LogP contribution >= 0.6 is 0 Å². The molecule has 3 aromatic rings. The number of hydrogen-bond acceptors (Lipinski definition) is 2. The van der Waals surface area contributed by atoms with Crippen LogP contribution in [0.1, 0.15) is 34.1 Å². The Bertz CT molecular complexity index is 1000. The van der Waals surface area contributed by atoms with Crippen LogP contribution in [-0.2, 0) is 6.18 Å². The molecule has 2 heterocycles. The molecule has 1 N–H and O–H groups in total. The summed E-state index contributed by atoms with van der Waals surface area (Å²) < 4.78 is 42.3. The summed E-state index contributed by atoms with van der Waals surface area (Å²) in [7, 11) is 0. The molecule has 0 aliphatic carbocycles. The minimum Gasteiger partial charge on any atom is -0.359 e. The molecule has 1 atom stereocenters. The number of anilines is 1. The number of aromatic nitrogens is 2. The average molecular weight is 357 g/mol. The van der Waals surface area contributed by atoms with Gasteiger partial charge in [-0.1, -0.05) is 29.8 Å². The molecule has 6 heteroatoms. The summed E-state index contributed by atoms with van der Waals surface area (Å²) in [6, 6.07) is 11.6. The third-order valence-electron chi connectivity index (χ3n) is 4.70. The first kappa shape index (κ1) is 16.7. The maximum Gasteiger partial charge on any atom is 0.416 e. The molecule has 0 spiro atoms. The lowest BCUT2D eigenvalue weighted by Crippen LogP contribution is -2.28. The van der Waals surface area contributed by atoms with Crippen LogP contribution in [0.2, 0.25) is 0 Å². The molecule has 134 valence electrons. The van der Waals surface area contributed by atoms with E-state index in [1.807, 2.05) is 39.0 Å². The zero-order chi connectivity index (χ0) is 18.6. The summed E-state index contributed by atoms with van der Waals surface area (Å²) in [5.74, 6) is 0. The van der Waals surface area contributed by atoms with Crippen molar-refractivity contribution in [2.45, 2.75) is 33.1 Å². The van der Waals surface area contributed by atoms with Gasteiger partial charge in [0.2, 0.25) is 0 Å². The summed E-state index contributed by atoms with van der Waals surface area (Å²) in [6.45, 7) is 5.82. The molecular weight excluding hydrogens is 339 g/mol. The number of halogens is 3. The molecule has 0 saturated carbocycles. The summed E-state index contributed by atoms with van der Waals surface area (Å²) in [5, 5.41) is 7.77. The van der Waals surface area contributed by atoms with Crippen molar-refractivity contribution in [3.05, 3.63) is 70.4 Å². The van der Waals surface area contributed by atoms with Crippen LogP contribution in [0.5, 0.6) is 0 Å². The zero-order valence-electron chi connectivity index (χ0n) is 14.6. The highest BCUT2D eigenvalue weighted by atomic mass is 19.4. The standard InChI is InChI=1S/C20H18F3N3/c1-11-8-12(2)18-15(9-11)17-10-13(3)25-26(17)19(24-18)14-6-4-5-7-16(14)20(21,22)23/h4-10,19,24H,1-3H3. The summed E-state index contributed by atoms with van der Waals surface area (Å²) in [4.78, 5) is 0. The predicted molar refractivity (Wildman–Crippen MR) is 95.1 cm³/mol. The van der Waals surface area contributed by atoms with Crippen molar-refractivity contribution in [3.63, 3.8) is 0 Å². The van der Waals surface area contributed by atoms with Gasteiger partial charge in [-0.2, -0.15) is 18.3 Å². The number of nitrogens with one attached hydrogen (secondary N) is 1. The second kappa shape index (κ2) is 5.62. The maximum atomic E-state index is 13.6. The normalized spacial score (nSPS) is 16.0. The molecule has 0 saturated heterocycles. The lowest BCUT2D eigenvalue weighted by Gasteiger charge is -2.32. The van der Waals surface area contributed by atoms with Gasteiger partial charge in [0.1, 0.15) is 6.17 Å². The molecule has 1 aliphatic rings. The Balaban J connectivity index is 1.96. The van der Waals surface area contributed by atoms with E-state index >= 15 is 0 Å². The van der Waals surface area contributed by atoms with Gasteiger partial charge in [-0.05, 0) is 44.5 Å². The fraction of sp³-hybridized carbons (Fsp3) is 0.250. The Morgan fingerprint density at radius 2 is 1.77 bits per heavy atom. The fourth-order valence-corrected chi connectivity index (χ4v) is 3.68. The quantitative estimate of drug-likeness (QED) is 0.626. The van der Waals surface area contributed by atoms with E-state index < -0.39 is 17.9 Å². The largest absolute Gasteiger partial charge is 0.416 e. The molecule has 4 rings (SSSR count). The van der Waals surface area contributed by atoms with E-state index in [0.29, 0.717) is 0 Å². The number of nitrogens with zero attached hydrogens (tertiary/aromatic N) is 2. The molecule has 1 aliphatic heterocycles. The Hall–Kier alpha value is -2.76. The van der Waals surface area contributed by atoms with Gasteiger partial charge in [0.25, 0.3) is 0 Å². The van der Waals surface area contributed by atoms with Gasteiger partial charge < -0.3 is 5.32 Å². The smallest absolute Gasteiger partial charge is 0.359 e. The van der Waals surface area contributed by atoms with Crippen LogP contribution in [0.15, 0.2) is 42.5 Å². The first-order valence-electron chi connectivity index (χ1n) is 8.36. The molecular formula is C20H18F3N3. The predicted octanol–water partition coefficient (Wildman–Crippen LogP) is 5.47. The minimum absolute atomic E-state index is 0.162. The maximum absolute atomic E-state index is 13.6. The highest BCUT2D eigenvalue weighted by Gasteiger charge is 2.37. The van der Waals surface area contributed by atoms with Crippen molar-refractivity contribution in [3.8, 4) is 11.3 Å². The van der Waals surface area contributed by atoms with E-state index in [0.717, 1.165) is 39.8 Å². The van der Waals surface area contributed by atoms with Crippen LogP contribution in [0, 0.1) is 20.8 Å². The van der Waals surface area contributed by atoms with Crippen molar-refractivity contribution in [2.24, 2.45) is 0 Å². The van der Waals surface area contributed by atoms with Gasteiger partial charge in [0.05, 0.1) is 17.0 Å². The topological polar surface area (TPSA) is 29.9 Å². The number of aryl methyl sites for hydroxylation is 3. The number of benzene rings is 2. The number of rotatable bonds is 1. The molecule has 0 fully saturated rings. The molecule has 0 radical (unpaired) electrons. The van der Waals surface area contributed by atoms with E-state index in [4.69, 9.17) is 0 Å². The second-order valence-corrected chi connectivity index (χ2v) is 6.75. The minimum atomic E-state index is -4.43. The van der Waals surface area contributed by atoms with Gasteiger partial charge in [0, 0.05) is 16.8 Å². The molecule has 3 nitrogen and oxygen atoms in total. The van der Waals surface area contributed by atoms with Gasteiger partial charge in [0.15, 0.2) is 0 Å². The molecule has 1 unspecified atom stereocenters. The summed E-state index contributed by atoms with van der Waals surface area (Å²) >= 11 is 0.